The first-order valence-electron chi connectivity index (χ1n) is 9.51. The summed E-state index contributed by atoms with van der Waals surface area (Å²) in [5.41, 5.74) is 0.779. The van der Waals surface area contributed by atoms with Gasteiger partial charge in [0.1, 0.15) is 12.1 Å². The molecule has 0 fully saturated rings. The number of esters is 3. The van der Waals surface area contributed by atoms with E-state index in [0.29, 0.717) is 0 Å². The van der Waals surface area contributed by atoms with Gasteiger partial charge in [0.2, 0.25) is 11.8 Å². The Bertz CT molecular complexity index is 780. The molecule has 0 aliphatic rings. The van der Waals surface area contributed by atoms with Gasteiger partial charge in [0.25, 0.3) is 0 Å². The van der Waals surface area contributed by atoms with Crippen LogP contribution in [-0.2, 0) is 44.6 Å². The fourth-order valence-electron chi connectivity index (χ4n) is 3.06. The first-order valence-corrected chi connectivity index (χ1v) is 9.51. The number of ether oxygens (including phenoxy) is 3. The number of benzene rings is 1. The Balaban J connectivity index is 3.17. The number of amides is 2. The molecule has 31 heavy (non-hydrogen) atoms. The van der Waals surface area contributed by atoms with Crippen LogP contribution in [-0.4, -0.2) is 63.1 Å². The Morgan fingerprint density at radius 3 is 1.81 bits per heavy atom. The molecular weight excluding hydrogens is 408 g/mol. The van der Waals surface area contributed by atoms with Crippen molar-refractivity contribution in [2.24, 2.45) is 11.8 Å². The third kappa shape index (κ3) is 7.40. The van der Waals surface area contributed by atoms with Crippen molar-refractivity contribution in [2.45, 2.75) is 32.4 Å². The van der Waals surface area contributed by atoms with E-state index in [-0.39, 0.29) is 6.42 Å². The van der Waals surface area contributed by atoms with E-state index in [1.807, 2.05) is 6.07 Å². The van der Waals surface area contributed by atoms with Gasteiger partial charge in [0, 0.05) is 19.3 Å². The molecule has 10 nitrogen and oxygen atoms in total. The summed E-state index contributed by atoms with van der Waals surface area (Å²) in [6.45, 7) is 2.67. The summed E-state index contributed by atoms with van der Waals surface area (Å²) in [6, 6.07) is 6.57. The number of hydrogen-bond acceptors (Lipinski definition) is 8. The SMILES string of the molecule is COC(=O)C(C(=O)OC)[C@@H](C)[C@H](NC(=O)[C@H](Cc1ccccc1)NC(C)=O)C(=O)OC. The third-order valence-electron chi connectivity index (χ3n) is 4.69. The predicted octanol–water partition coefficient (Wildman–Crippen LogP) is -0.0101. The average molecular weight is 436 g/mol. The summed E-state index contributed by atoms with van der Waals surface area (Å²) in [5.74, 6) is -6.40. The molecule has 0 spiro atoms. The smallest absolute Gasteiger partial charge is 0.328 e. The minimum atomic E-state index is -1.48. The van der Waals surface area contributed by atoms with Crippen LogP contribution in [0.1, 0.15) is 19.4 Å². The number of carbonyl (C=O) groups excluding carboxylic acids is 5. The van der Waals surface area contributed by atoms with Crippen LogP contribution in [0.15, 0.2) is 30.3 Å². The van der Waals surface area contributed by atoms with Gasteiger partial charge >= 0.3 is 17.9 Å². The minimum Gasteiger partial charge on any atom is -0.468 e. The fraction of sp³-hybridized carbons (Fsp3) is 0.476. The molecule has 1 rings (SSSR count). The van der Waals surface area contributed by atoms with Crippen molar-refractivity contribution in [3.63, 3.8) is 0 Å². The van der Waals surface area contributed by atoms with Gasteiger partial charge in [-0.1, -0.05) is 37.3 Å². The second-order valence-electron chi connectivity index (χ2n) is 6.84. The minimum absolute atomic E-state index is 0.159. The second-order valence-corrected chi connectivity index (χ2v) is 6.84. The van der Waals surface area contributed by atoms with Crippen LogP contribution in [0.3, 0.4) is 0 Å². The number of methoxy groups -OCH3 is 3. The lowest BCUT2D eigenvalue weighted by Crippen LogP contribution is -2.56. The van der Waals surface area contributed by atoms with Gasteiger partial charge in [-0.05, 0) is 5.56 Å². The fourth-order valence-corrected chi connectivity index (χ4v) is 3.06. The molecule has 0 saturated heterocycles. The van der Waals surface area contributed by atoms with Gasteiger partial charge in [0.05, 0.1) is 21.3 Å². The third-order valence-corrected chi connectivity index (χ3v) is 4.69. The standard InChI is InChI=1S/C21H28N2O8/c1-12(16(19(26)29-3)20(27)30-4)17(21(28)31-5)23-18(25)15(22-13(2)24)11-14-9-7-6-8-10-14/h6-10,12,15-17H,11H2,1-5H3,(H,22,24)(H,23,25)/t12-,15+,17+/m1/s1. The van der Waals surface area contributed by atoms with Gasteiger partial charge in [-0.15, -0.1) is 0 Å². The number of carbonyl (C=O) groups is 5. The molecule has 2 N–H and O–H groups in total. The van der Waals surface area contributed by atoms with E-state index in [2.05, 4.69) is 20.1 Å². The van der Waals surface area contributed by atoms with Crippen molar-refractivity contribution in [3.8, 4) is 0 Å². The zero-order chi connectivity index (χ0) is 23.6. The van der Waals surface area contributed by atoms with Crippen LogP contribution in [0.5, 0.6) is 0 Å². The number of rotatable bonds is 10. The quantitative estimate of drug-likeness (QED) is 0.297. The molecule has 10 heteroatoms. The zero-order valence-corrected chi connectivity index (χ0v) is 18.2. The molecule has 0 radical (unpaired) electrons. The second kappa shape index (κ2) is 12.3. The van der Waals surface area contributed by atoms with Crippen molar-refractivity contribution in [2.75, 3.05) is 21.3 Å². The maximum atomic E-state index is 13.0. The monoisotopic (exact) mass is 436 g/mol. The largest absolute Gasteiger partial charge is 0.468 e. The van der Waals surface area contributed by atoms with Crippen LogP contribution in [0.25, 0.3) is 0 Å². The summed E-state index contributed by atoms with van der Waals surface area (Å²) < 4.78 is 14.0. The van der Waals surface area contributed by atoms with Crippen LogP contribution in [0.4, 0.5) is 0 Å². The van der Waals surface area contributed by atoms with E-state index in [1.165, 1.54) is 13.8 Å². The normalized spacial score (nSPS) is 13.4. The summed E-state index contributed by atoms with van der Waals surface area (Å²) in [4.78, 5) is 61.2. The molecule has 3 atom stereocenters. The zero-order valence-electron chi connectivity index (χ0n) is 18.2. The van der Waals surface area contributed by atoms with E-state index in [9.17, 15) is 24.0 Å². The lowest BCUT2D eigenvalue weighted by molar-refractivity contribution is -0.163. The molecule has 1 aromatic carbocycles. The maximum Gasteiger partial charge on any atom is 0.328 e. The Morgan fingerprint density at radius 1 is 0.839 bits per heavy atom. The van der Waals surface area contributed by atoms with Gasteiger partial charge < -0.3 is 24.8 Å². The molecule has 0 unspecified atom stereocenters. The van der Waals surface area contributed by atoms with Gasteiger partial charge in [-0.2, -0.15) is 0 Å². The predicted molar refractivity (Wildman–Crippen MR) is 108 cm³/mol. The van der Waals surface area contributed by atoms with Gasteiger partial charge in [0.15, 0.2) is 5.92 Å². The average Bonchev–Trinajstić information content (AvgIpc) is 2.76. The summed E-state index contributed by atoms with van der Waals surface area (Å²) in [7, 11) is 3.28. The highest BCUT2D eigenvalue weighted by Crippen LogP contribution is 2.21. The molecule has 0 aromatic heterocycles. The lowest BCUT2D eigenvalue weighted by atomic mass is 9.87. The van der Waals surface area contributed by atoms with Gasteiger partial charge in [-0.25, -0.2) is 4.79 Å². The van der Waals surface area contributed by atoms with Crippen molar-refractivity contribution in [1.82, 2.24) is 10.6 Å². The Labute approximate surface area is 180 Å². The molecule has 0 aliphatic heterocycles. The van der Waals surface area contributed by atoms with Gasteiger partial charge in [-0.3, -0.25) is 19.2 Å². The van der Waals surface area contributed by atoms with Crippen molar-refractivity contribution >= 4 is 29.7 Å². The maximum absolute atomic E-state index is 13.0. The molecule has 0 heterocycles. The molecule has 2 amide bonds. The molecule has 0 aliphatic carbocycles. The Morgan fingerprint density at radius 2 is 1.35 bits per heavy atom. The van der Waals surface area contributed by atoms with Crippen LogP contribution in [0.2, 0.25) is 0 Å². The highest BCUT2D eigenvalue weighted by Gasteiger charge is 2.43. The molecular formula is C21H28N2O8. The highest BCUT2D eigenvalue weighted by atomic mass is 16.5. The Hall–Kier alpha value is -3.43. The van der Waals surface area contributed by atoms with Crippen molar-refractivity contribution < 1.29 is 38.2 Å². The molecule has 0 bridgehead atoms. The van der Waals surface area contributed by atoms with E-state index in [0.717, 1.165) is 26.9 Å². The molecule has 0 saturated carbocycles. The van der Waals surface area contributed by atoms with Crippen molar-refractivity contribution in [3.05, 3.63) is 35.9 Å². The number of hydrogen-bond donors (Lipinski definition) is 2. The first kappa shape index (κ1) is 25.6. The highest BCUT2D eigenvalue weighted by molar-refractivity contribution is 5.97. The van der Waals surface area contributed by atoms with E-state index in [4.69, 9.17) is 4.74 Å². The summed E-state index contributed by atoms with van der Waals surface area (Å²) in [5, 5.41) is 5.03. The van der Waals surface area contributed by atoms with E-state index >= 15 is 0 Å². The van der Waals surface area contributed by atoms with E-state index < -0.39 is 53.6 Å². The lowest BCUT2D eigenvalue weighted by Gasteiger charge is -2.28. The van der Waals surface area contributed by atoms with Crippen LogP contribution >= 0.6 is 0 Å². The first-order chi connectivity index (χ1) is 14.7. The molecule has 170 valence electrons. The van der Waals surface area contributed by atoms with E-state index in [1.54, 1.807) is 24.3 Å². The summed E-state index contributed by atoms with van der Waals surface area (Å²) >= 11 is 0. The molecule has 1 aromatic rings. The van der Waals surface area contributed by atoms with Crippen molar-refractivity contribution in [1.29, 1.82) is 0 Å². The summed E-state index contributed by atoms with van der Waals surface area (Å²) in [6.07, 6.45) is 0.159. The van der Waals surface area contributed by atoms with Crippen LogP contribution in [0, 0.1) is 11.8 Å². The Kier molecular flexibility index (Phi) is 10.2. The number of nitrogens with one attached hydrogen (secondary N) is 2. The topological polar surface area (TPSA) is 137 Å². The van der Waals surface area contributed by atoms with Crippen LogP contribution < -0.4 is 10.6 Å².